The zero-order valence-electron chi connectivity index (χ0n) is 12.3. The van der Waals surface area contributed by atoms with E-state index in [-0.39, 0.29) is 12.3 Å². The van der Waals surface area contributed by atoms with Gasteiger partial charge in [0.25, 0.3) is 0 Å². The van der Waals surface area contributed by atoms with Crippen molar-refractivity contribution in [2.45, 2.75) is 33.1 Å². The van der Waals surface area contributed by atoms with Gasteiger partial charge in [-0.15, -0.1) is 0 Å². The van der Waals surface area contributed by atoms with Gasteiger partial charge in [0.2, 0.25) is 11.8 Å². The van der Waals surface area contributed by atoms with Gasteiger partial charge >= 0.3 is 0 Å². The largest absolute Gasteiger partial charge is 0.441 e. The molecule has 0 aliphatic carbocycles. The fraction of sp³-hybridized carbons (Fsp3) is 0.375. The lowest BCUT2D eigenvalue weighted by molar-refractivity contribution is -0.120. The van der Waals surface area contributed by atoms with Gasteiger partial charge in [0.15, 0.2) is 0 Å². The van der Waals surface area contributed by atoms with E-state index in [4.69, 9.17) is 4.42 Å². The van der Waals surface area contributed by atoms with E-state index < -0.39 is 0 Å². The number of oxazole rings is 1. The molecule has 1 amide bonds. The summed E-state index contributed by atoms with van der Waals surface area (Å²) in [5.74, 6) is 1.22. The van der Waals surface area contributed by atoms with E-state index >= 15 is 0 Å². The third kappa shape index (κ3) is 4.43. The summed E-state index contributed by atoms with van der Waals surface area (Å²) in [4.78, 5) is 16.3. The van der Waals surface area contributed by atoms with Gasteiger partial charge in [0, 0.05) is 16.6 Å². The molecule has 0 saturated carbocycles. The van der Waals surface area contributed by atoms with Crippen LogP contribution in [0.4, 0.5) is 0 Å². The van der Waals surface area contributed by atoms with Gasteiger partial charge in [0.05, 0.1) is 12.1 Å². The number of amides is 1. The number of aryl methyl sites for hydroxylation is 1. The number of carbonyl (C=O) groups excluding carboxylic acids is 1. The molecule has 1 aromatic carbocycles. The van der Waals surface area contributed by atoms with Crippen LogP contribution >= 0.6 is 15.9 Å². The molecular weight excluding hydrogens is 332 g/mol. The summed E-state index contributed by atoms with van der Waals surface area (Å²) in [6, 6.07) is 7.75. The van der Waals surface area contributed by atoms with Gasteiger partial charge in [0.1, 0.15) is 5.76 Å². The lowest BCUT2D eigenvalue weighted by Gasteiger charge is -2.02. The molecule has 1 N–H and O–H groups in total. The highest BCUT2D eigenvalue weighted by Crippen LogP contribution is 2.24. The van der Waals surface area contributed by atoms with Crippen LogP contribution in [0.5, 0.6) is 0 Å². The second-order valence-electron chi connectivity index (χ2n) is 4.91. The van der Waals surface area contributed by atoms with Crippen molar-refractivity contribution in [2.24, 2.45) is 0 Å². The van der Waals surface area contributed by atoms with Crippen LogP contribution in [-0.2, 0) is 11.2 Å². The number of aromatic nitrogens is 1. The molecule has 0 atom stereocenters. The van der Waals surface area contributed by atoms with Crippen LogP contribution in [0.1, 0.15) is 31.2 Å². The number of rotatable bonds is 6. The standard InChI is InChI=1S/C16H19BrN2O2/c1-3-4-8-18-15(20)10-14-11(2)21-16(19-14)12-6-5-7-13(17)9-12/h5-7,9H,3-4,8,10H2,1-2H3,(H,18,20). The smallest absolute Gasteiger partial charge is 0.226 e. The maximum atomic E-state index is 11.8. The van der Waals surface area contributed by atoms with Crippen LogP contribution in [0.25, 0.3) is 11.5 Å². The molecule has 0 saturated heterocycles. The normalized spacial score (nSPS) is 10.6. The van der Waals surface area contributed by atoms with Crippen molar-refractivity contribution in [3.63, 3.8) is 0 Å². The molecule has 2 aromatic rings. The second-order valence-corrected chi connectivity index (χ2v) is 5.83. The molecule has 5 heteroatoms. The maximum absolute atomic E-state index is 11.8. The first-order valence-corrected chi connectivity index (χ1v) is 7.88. The predicted octanol–water partition coefficient (Wildman–Crippen LogP) is 3.87. The molecular formula is C16H19BrN2O2. The second kappa shape index (κ2) is 7.41. The molecule has 112 valence electrons. The third-order valence-corrected chi connectivity index (χ3v) is 3.64. The molecule has 2 rings (SSSR count). The Hall–Kier alpha value is -1.62. The Bertz CT molecular complexity index is 622. The summed E-state index contributed by atoms with van der Waals surface area (Å²) in [5.41, 5.74) is 1.59. The van der Waals surface area contributed by atoms with E-state index in [0.29, 0.717) is 23.9 Å². The van der Waals surface area contributed by atoms with Gasteiger partial charge in [-0.2, -0.15) is 0 Å². The van der Waals surface area contributed by atoms with Gasteiger partial charge in [-0.05, 0) is 31.5 Å². The lowest BCUT2D eigenvalue weighted by atomic mass is 10.2. The van der Waals surface area contributed by atoms with E-state index in [1.165, 1.54) is 0 Å². The van der Waals surface area contributed by atoms with Crippen LogP contribution in [0.3, 0.4) is 0 Å². The van der Waals surface area contributed by atoms with Crippen LogP contribution < -0.4 is 5.32 Å². The van der Waals surface area contributed by atoms with Gasteiger partial charge in [-0.25, -0.2) is 4.98 Å². The van der Waals surface area contributed by atoms with E-state index in [2.05, 4.69) is 33.2 Å². The molecule has 21 heavy (non-hydrogen) atoms. The minimum absolute atomic E-state index is 0.0133. The van der Waals surface area contributed by atoms with Crippen molar-refractivity contribution in [3.8, 4) is 11.5 Å². The van der Waals surface area contributed by atoms with Crippen molar-refractivity contribution in [1.29, 1.82) is 0 Å². The first kappa shape index (κ1) is 15.8. The summed E-state index contributed by atoms with van der Waals surface area (Å²) < 4.78 is 6.64. The Kier molecular flexibility index (Phi) is 5.56. The van der Waals surface area contributed by atoms with Crippen LogP contribution in [0.15, 0.2) is 33.2 Å². The number of hydrogen-bond acceptors (Lipinski definition) is 3. The van der Waals surface area contributed by atoms with Crippen LogP contribution in [-0.4, -0.2) is 17.4 Å². The van der Waals surface area contributed by atoms with Gasteiger partial charge in [-0.1, -0.05) is 35.3 Å². The fourth-order valence-corrected chi connectivity index (χ4v) is 2.36. The molecule has 0 bridgehead atoms. The molecule has 0 fully saturated rings. The first-order chi connectivity index (χ1) is 10.1. The summed E-state index contributed by atoms with van der Waals surface area (Å²) in [6.45, 7) is 4.64. The monoisotopic (exact) mass is 350 g/mol. The van der Waals surface area contributed by atoms with E-state index in [0.717, 1.165) is 22.9 Å². The number of nitrogens with zero attached hydrogens (tertiary/aromatic N) is 1. The molecule has 0 radical (unpaired) electrons. The highest BCUT2D eigenvalue weighted by Gasteiger charge is 2.14. The maximum Gasteiger partial charge on any atom is 0.226 e. The number of carbonyl (C=O) groups is 1. The topological polar surface area (TPSA) is 55.1 Å². The van der Waals surface area contributed by atoms with Crippen molar-refractivity contribution in [1.82, 2.24) is 10.3 Å². The van der Waals surface area contributed by atoms with Crippen molar-refractivity contribution < 1.29 is 9.21 Å². The zero-order chi connectivity index (χ0) is 15.2. The van der Waals surface area contributed by atoms with E-state index in [9.17, 15) is 4.79 Å². The van der Waals surface area contributed by atoms with Gasteiger partial charge in [-0.3, -0.25) is 4.79 Å². The Morgan fingerprint density at radius 2 is 2.24 bits per heavy atom. The summed E-state index contributed by atoms with van der Waals surface area (Å²) >= 11 is 3.43. The number of benzene rings is 1. The fourth-order valence-electron chi connectivity index (χ4n) is 1.96. The molecule has 0 spiro atoms. The number of nitrogens with one attached hydrogen (secondary N) is 1. The molecule has 0 aliphatic rings. The zero-order valence-corrected chi connectivity index (χ0v) is 13.9. The van der Waals surface area contributed by atoms with Crippen molar-refractivity contribution in [2.75, 3.05) is 6.54 Å². The highest BCUT2D eigenvalue weighted by molar-refractivity contribution is 9.10. The molecule has 4 nitrogen and oxygen atoms in total. The minimum atomic E-state index is -0.0133. The Balaban J connectivity index is 2.07. The SMILES string of the molecule is CCCCNC(=O)Cc1nc(-c2cccc(Br)c2)oc1C. The molecule has 0 aliphatic heterocycles. The minimum Gasteiger partial charge on any atom is -0.441 e. The number of hydrogen-bond donors (Lipinski definition) is 1. The number of halogens is 1. The summed E-state index contributed by atoms with van der Waals surface area (Å²) in [5, 5.41) is 2.89. The molecule has 0 unspecified atom stereocenters. The lowest BCUT2D eigenvalue weighted by Crippen LogP contribution is -2.26. The van der Waals surface area contributed by atoms with Gasteiger partial charge < -0.3 is 9.73 Å². The van der Waals surface area contributed by atoms with E-state index in [1.807, 2.05) is 31.2 Å². The van der Waals surface area contributed by atoms with Crippen LogP contribution in [0, 0.1) is 6.92 Å². The summed E-state index contributed by atoms with van der Waals surface area (Å²) in [6.07, 6.45) is 2.32. The molecule has 1 heterocycles. The average molecular weight is 351 g/mol. The number of unbranched alkanes of at least 4 members (excludes halogenated alkanes) is 1. The quantitative estimate of drug-likeness (QED) is 0.804. The van der Waals surface area contributed by atoms with E-state index in [1.54, 1.807) is 0 Å². The Labute approximate surface area is 133 Å². The highest BCUT2D eigenvalue weighted by atomic mass is 79.9. The average Bonchev–Trinajstić information content (AvgIpc) is 2.80. The van der Waals surface area contributed by atoms with Crippen molar-refractivity contribution in [3.05, 3.63) is 40.2 Å². The predicted molar refractivity (Wildman–Crippen MR) is 86.0 cm³/mol. The Morgan fingerprint density at radius 1 is 1.43 bits per heavy atom. The first-order valence-electron chi connectivity index (χ1n) is 7.09. The third-order valence-electron chi connectivity index (χ3n) is 3.14. The van der Waals surface area contributed by atoms with Crippen LogP contribution in [0.2, 0.25) is 0 Å². The molecule has 1 aromatic heterocycles. The summed E-state index contributed by atoms with van der Waals surface area (Å²) in [7, 11) is 0. The Morgan fingerprint density at radius 3 is 2.95 bits per heavy atom. The van der Waals surface area contributed by atoms with Crippen molar-refractivity contribution >= 4 is 21.8 Å².